The van der Waals surface area contributed by atoms with Crippen LogP contribution in [0.25, 0.3) is 12.2 Å². The first-order valence-electron chi connectivity index (χ1n) is 9.40. The van der Waals surface area contributed by atoms with Gasteiger partial charge in [0, 0.05) is 16.2 Å². The van der Waals surface area contributed by atoms with Crippen molar-refractivity contribution >= 4 is 34.8 Å². The number of nitrogen functional groups attached to an aromatic ring is 1. The standard InChI is InChI=1S/C13H14N2OS.C10H14O2/c1-2-4-11-9(5-3-6-12(11)14)7-10-8-15-13(16)17-10;1-4-8-5-6-9(11-2)10(7-8)12-3/h2-7H,8,14H2,1H3,(H,15,16);5-7H,4H2,1-3H3/b4-2-,10-7-;. The molecule has 0 bridgehead atoms. The van der Waals surface area contributed by atoms with E-state index in [1.807, 2.05) is 61.5 Å². The first-order chi connectivity index (χ1) is 14.0. The molecule has 5 nitrogen and oxygen atoms in total. The topological polar surface area (TPSA) is 73.6 Å². The van der Waals surface area contributed by atoms with E-state index in [1.165, 1.54) is 17.3 Å². The van der Waals surface area contributed by atoms with Crippen LogP contribution < -0.4 is 20.5 Å². The van der Waals surface area contributed by atoms with E-state index in [0.717, 1.165) is 39.6 Å². The summed E-state index contributed by atoms with van der Waals surface area (Å²) in [4.78, 5) is 12.1. The molecule has 1 amide bonds. The maximum atomic E-state index is 11.1. The number of methoxy groups -OCH3 is 2. The van der Waals surface area contributed by atoms with Crippen molar-refractivity contribution in [3.63, 3.8) is 0 Å². The fraction of sp³-hybridized carbons (Fsp3) is 0.261. The summed E-state index contributed by atoms with van der Waals surface area (Å²) in [5.74, 6) is 1.59. The summed E-state index contributed by atoms with van der Waals surface area (Å²) in [6, 6.07) is 11.8. The lowest BCUT2D eigenvalue weighted by molar-refractivity contribution is 0.262. The zero-order valence-electron chi connectivity index (χ0n) is 17.3. The predicted molar refractivity (Wildman–Crippen MR) is 123 cm³/mol. The highest BCUT2D eigenvalue weighted by Crippen LogP contribution is 2.28. The molecule has 154 valence electrons. The van der Waals surface area contributed by atoms with Gasteiger partial charge < -0.3 is 20.5 Å². The molecule has 1 fully saturated rings. The van der Waals surface area contributed by atoms with E-state index in [1.54, 1.807) is 14.2 Å². The van der Waals surface area contributed by atoms with E-state index < -0.39 is 0 Å². The molecule has 2 aromatic rings. The highest BCUT2D eigenvalue weighted by atomic mass is 32.2. The Kier molecular flexibility index (Phi) is 8.68. The summed E-state index contributed by atoms with van der Waals surface area (Å²) >= 11 is 1.24. The van der Waals surface area contributed by atoms with Crippen molar-refractivity contribution in [1.29, 1.82) is 0 Å². The minimum Gasteiger partial charge on any atom is -0.493 e. The predicted octanol–water partition coefficient (Wildman–Crippen LogP) is 5.37. The van der Waals surface area contributed by atoms with Gasteiger partial charge in [-0.3, -0.25) is 4.79 Å². The normalized spacial score (nSPS) is 14.5. The Balaban J connectivity index is 0.000000221. The van der Waals surface area contributed by atoms with Crippen LogP contribution >= 0.6 is 11.8 Å². The summed E-state index contributed by atoms with van der Waals surface area (Å²) in [5, 5.41) is 2.77. The van der Waals surface area contributed by atoms with Gasteiger partial charge in [-0.15, -0.1) is 0 Å². The summed E-state index contributed by atoms with van der Waals surface area (Å²) < 4.78 is 10.3. The van der Waals surface area contributed by atoms with E-state index in [4.69, 9.17) is 15.2 Å². The molecule has 0 atom stereocenters. The molecule has 2 aromatic carbocycles. The van der Waals surface area contributed by atoms with Gasteiger partial charge in [-0.25, -0.2) is 0 Å². The Morgan fingerprint density at radius 2 is 1.93 bits per heavy atom. The number of anilines is 1. The number of ether oxygens (including phenoxy) is 2. The summed E-state index contributed by atoms with van der Waals surface area (Å²) in [5.41, 5.74) is 9.99. The van der Waals surface area contributed by atoms with Gasteiger partial charge in [0.05, 0.1) is 20.8 Å². The third kappa shape index (κ3) is 6.32. The molecule has 1 aliphatic rings. The minimum atomic E-state index is 0.00716. The van der Waals surface area contributed by atoms with E-state index in [2.05, 4.69) is 12.2 Å². The van der Waals surface area contributed by atoms with Crippen LogP contribution in [0.5, 0.6) is 11.5 Å². The number of nitrogens with one attached hydrogen (secondary N) is 1. The summed E-state index contributed by atoms with van der Waals surface area (Å²) in [7, 11) is 3.29. The second-order valence-corrected chi connectivity index (χ2v) is 7.35. The van der Waals surface area contributed by atoms with Crippen molar-refractivity contribution in [1.82, 2.24) is 5.32 Å². The number of aryl methyl sites for hydroxylation is 1. The Bertz CT molecular complexity index is 907. The molecule has 0 spiro atoms. The van der Waals surface area contributed by atoms with Crippen LogP contribution in [-0.2, 0) is 6.42 Å². The van der Waals surface area contributed by atoms with E-state index >= 15 is 0 Å². The first kappa shape index (κ1) is 22.4. The van der Waals surface area contributed by atoms with Gasteiger partial charge >= 0.3 is 0 Å². The average Bonchev–Trinajstić information content (AvgIpc) is 3.15. The number of carbonyl (C=O) groups is 1. The second kappa shape index (κ2) is 11.2. The summed E-state index contributed by atoms with van der Waals surface area (Å²) in [6.45, 7) is 4.67. The molecule has 0 aliphatic carbocycles. The first-order valence-corrected chi connectivity index (χ1v) is 10.2. The number of hydrogen-bond acceptors (Lipinski definition) is 5. The van der Waals surface area contributed by atoms with Gasteiger partial charge in [-0.2, -0.15) is 0 Å². The van der Waals surface area contributed by atoms with Crippen LogP contribution in [0.3, 0.4) is 0 Å². The SMILES string of the molecule is C/C=C\c1c(N)cccc1/C=C1/CNC(=O)S1.CCc1ccc(OC)c(OC)c1. The van der Waals surface area contributed by atoms with Crippen molar-refractivity contribution < 1.29 is 14.3 Å². The Labute approximate surface area is 177 Å². The third-order valence-corrected chi connectivity index (χ3v) is 5.16. The van der Waals surface area contributed by atoms with Gasteiger partial charge in [0.25, 0.3) is 5.24 Å². The number of carbonyl (C=O) groups excluding carboxylic acids is 1. The van der Waals surface area contributed by atoms with E-state index in [9.17, 15) is 4.79 Å². The molecule has 1 saturated heterocycles. The smallest absolute Gasteiger partial charge is 0.283 e. The number of rotatable bonds is 5. The van der Waals surface area contributed by atoms with Gasteiger partial charge in [-0.05, 0) is 60.5 Å². The molecule has 0 aromatic heterocycles. The molecule has 0 unspecified atom stereocenters. The van der Waals surface area contributed by atoms with Crippen LogP contribution in [0.15, 0.2) is 47.4 Å². The van der Waals surface area contributed by atoms with Crippen LogP contribution in [-0.4, -0.2) is 26.0 Å². The fourth-order valence-electron chi connectivity index (χ4n) is 2.79. The van der Waals surface area contributed by atoms with Gasteiger partial charge in [0.2, 0.25) is 0 Å². The average molecular weight is 413 g/mol. The van der Waals surface area contributed by atoms with Crippen molar-refractivity contribution in [2.24, 2.45) is 0 Å². The minimum absolute atomic E-state index is 0.00716. The third-order valence-electron chi connectivity index (χ3n) is 4.31. The Morgan fingerprint density at radius 1 is 1.17 bits per heavy atom. The van der Waals surface area contributed by atoms with Crippen LogP contribution in [0, 0.1) is 0 Å². The number of thioether (sulfide) groups is 1. The highest BCUT2D eigenvalue weighted by Gasteiger charge is 2.15. The molecule has 0 saturated carbocycles. The van der Waals surface area contributed by atoms with E-state index in [-0.39, 0.29) is 5.24 Å². The molecule has 6 heteroatoms. The van der Waals surface area contributed by atoms with Gasteiger partial charge in [0.15, 0.2) is 11.5 Å². The van der Waals surface area contributed by atoms with Gasteiger partial charge in [-0.1, -0.05) is 37.3 Å². The fourth-order valence-corrected chi connectivity index (χ4v) is 3.50. The number of nitrogens with two attached hydrogens (primary N) is 1. The van der Waals surface area contributed by atoms with Gasteiger partial charge in [0.1, 0.15) is 0 Å². The number of hydrogen-bond donors (Lipinski definition) is 2. The summed E-state index contributed by atoms with van der Waals surface area (Å²) in [6.07, 6.45) is 6.96. The molecule has 1 heterocycles. The molecule has 3 rings (SSSR count). The molecule has 29 heavy (non-hydrogen) atoms. The van der Waals surface area contributed by atoms with Crippen LogP contribution in [0.4, 0.5) is 10.5 Å². The molecular formula is C23H28N2O3S. The van der Waals surface area contributed by atoms with Crippen LogP contribution in [0.2, 0.25) is 0 Å². The lowest BCUT2D eigenvalue weighted by Gasteiger charge is -2.07. The van der Waals surface area contributed by atoms with Crippen molar-refractivity contribution in [3.8, 4) is 11.5 Å². The molecule has 1 aliphatic heterocycles. The molecule has 3 N–H and O–H groups in total. The Hall–Kier alpha value is -2.86. The van der Waals surface area contributed by atoms with Crippen molar-refractivity contribution in [2.45, 2.75) is 20.3 Å². The molecular weight excluding hydrogens is 384 g/mol. The second-order valence-electron chi connectivity index (χ2n) is 6.25. The van der Waals surface area contributed by atoms with Crippen molar-refractivity contribution in [3.05, 3.63) is 64.1 Å². The zero-order valence-corrected chi connectivity index (χ0v) is 18.1. The maximum Gasteiger partial charge on any atom is 0.283 e. The lowest BCUT2D eigenvalue weighted by Crippen LogP contribution is -2.09. The highest BCUT2D eigenvalue weighted by molar-refractivity contribution is 8.17. The quantitative estimate of drug-likeness (QED) is 0.646. The monoisotopic (exact) mass is 412 g/mol. The maximum absolute atomic E-state index is 11.1. The molecule has 0 radical (unpaired) electrons. The Morgan fingerprint density at radius 3 is 2.52 bits per heavy atom. The van der Waals surface area contributed by atoms with Crippen molar-refractivity contribution in [2.75, 3.05) is 26.5 Å². The number of allylic oxidation sites excluding steroid dienone is 1. The van der Waals surface area contributed by atoms with E-state index in [0.29, 0.717) is 6.54 Å². The van der Waals surface area contributed by atoms with Crippen LogP contribution in [0.1, 0.15) is 30.5 Å². The zero-order chi connectivity index (χ0) is 21.2. The lowest BCUT2D eigenvalue weighted by atomic mass is 10.0. The largest absolute Gasteiger partial charge is 0.493 e. The number of benzene rings is 2. The number of amides is 1.